The molecule has 2 rings (SSSR count). The molecule has 0 amide bonds. The van der Waals surface area contributed by atoms with E-state index in [9.17, 15) is 9.18 Å². The maximum Gasteiger partial charge on any atom is 0.306 e. The molecule has 0 radical (unpaired) electrons. The summed E-state index contributed by atoms with van der Waals surface area (Å²) in [6, 6.07) is 6.36. The molecule has 1 N–H and O–H groups in total. The van der Waals surface area contributed by atoms with E-state index in [1.165, 1.54) is 17.7 Å². The smallest absolute Gasteiger partial charge is 0.306 e. The molecule has 0 aromatic heterocycles. The SMILES string of the molecule is O=C(O)C1CCC(=Cc2ccc(F)cc2)CC1. The van der Waals surface area contributed by atoms with Gasteiger partial charge in [-0.25, -0.2) is 4.39 Å². The number of carboxylic acids is 1. The van der Waals surface area contributed by atoms with Crippen LogP contribution in [0.1, 0.15) is 31.2 Å². The summed E-state index contributed by atoms with van der Waals surface area (Å²) in [5.41, 5.74) is 2.24. The van der Waals surface area contributed by atoms with Gasteiger partial charge in [0.1, 0.15) is 5.82 Å². The van der Waals surface area contributed by atoms with Gasteiger partial charge in [0.2, 0.25) is 0 Å². The summed E-state index contributed by atoms with van der Waals surface area (Å²) in [7, 11) is 0. The highest BCUT2D eigenvalue weighted by Crippen LogP contribution is 2.29. The Morgan fingerprint density at radius 1 is 1.24 bits per heavy atom. The normalized spacial score (nSPS) is 20.1. The molecular weight excluding hydrogens is 219 g/mol. The highest BCUT2D eigenvalue weighted by atomic mass is 19.1. The van der Waals surface area contributed by atoms with E-state index in [4.69, 9.17) is 5.11 Å². The van der Waals surface area contributed by atoms with Crippen LogP contribution in [0, 0.1) is 11.7 Å². The van der Waals surface area contributed by atoms with Crippen LogP contribution >= 0.6 is 0 Å². The van der Waals surface area contributed by atoms with Gasteiger partial charge in [-0.3, -0.25) is 4.79 Å². The number of hydrogen-bond donors (Lipinski definition) is 1. The standard InChI is InChI=1S/C14H15FO2/c15-13-7-3-11(4-8-13)9-10-1-5-12(6-2-10)14(16)17/h3-4,7-9,12H,1-2,5-6H2,(H,16,17). The van der Waals surface area contributed by atoms with Crippen molar-refractivity contribution in [1.82, 2.24) is 0 Å². The van der Waals surface area contributed by atoms with Crippen molar-refractivity contribution in [1.29, 1.82) is 0 Å². The summed E-state index contributed by atoms with van der Waals surface area (Å²) in [6.07, 6.45) is 5.12. The summed E-state index contributed by atoms with van der Waals surface area (Å²) in [4.78, 5) is 10.8. The Balaban J connectivity index is 2.00. The van der Waals surface area contributed by atoms with Crippen LogP contribution in [0.5, 0.6) is 0 Å². The second-order valence-electron chi connectivity index (χ2n) is 4.47. The van der Waals surface area contributed by atoms with Crippen LogP contribution in [0.25, 0.3) is 6.08 Å². The largest absolute Gasteiger partial charge is 0.481 e. The number of carboxylic acid groups (broad SMARTS) is 1. The molecule has 0 atom stereocenters. The van der Waals surface area contributed by atoms with Gasteiger partial charge in [-0.05, 0) is 43.4 Å². The van der Waals surface area contributed by atoms with E-state index in [2.05, 4.69) is 0 Å². The van der Waals surface area contributed by atoms with E-state index in [0.717, 1.165) is 18.4 Å². The molecule has 0 unspecified atom stereocenters. The van der Waals surface area contributed by atoms with Crippen LogP contribution in [0.15, 0.2) is 29.8 Å². The zero-order valence-corrected chi connectivity index (χ0v) is 9.53. The topological polar surface area (TPSA) is 37.3 Å². The highest BCUT2D eigenvalue weighted by molar-refractivity contribution is 5.70. The number of halogens is 1. The van der Waals surface area contributed by atoms with Crippen molar-refractivity contribution >= 4 is 12.0 Å². The van der Waals surface area contributed by atoms with Gasteiger partial charge >= 0.3 is 5.97 Å². The Morgan fingerprint density at radius 2 is 1.82 bits per heavy atom. The maximum absolute atomic E-state index is 12.7. The molecule has 0 saturated heterocycles. The van der Waals surface area contributed by atoms with Crippen LogP contribution in [0.3, 0.4) is 0 Å². The maximum atomic E-state index is 12.7. The van der Waals surface area contributed by atoms with Crippen LogP contribution in [0.2, 0.25) is 0 Å². The van der Waals surface area contributed by atoms with Gasteiger partial charge in [-0.2, -0.15) is 0 Å². The average molecular weight is 234 g/mol. The summed E-state index contributed by atoms with van der Waals surface area (Å²) in [5.74, 6) is -1.12. The predicted molar refractivity (Wildman–Crippen MR) is 64.0 cm³/mol. The number of benzene rings is 1. The molecule has 1 aromatic rings. The summed E-state index contributed by atoms with van der Waals surface area (Å²) >= 11 is 0. The van der Waals surface area contributed by atoms with E-state index in [0.29, 0.717) is 12.8 Å². The van der Waals surface area contributed by atoms with E-state index < -0.39 is 5.97 Å². The van der Waals surface area contributed by atoms with E-state index in [-0.39, 0.29) is 11.7 Å². The van der Waals surface area contributed by atoms with Crippen LogP contribution < -0.4 is 0 Å². The van der Waals surface area contributed by atoms with Gasteiger partial charge in [-0.15, -0.1) is 0 Å². The minimum atomic E-state index is -0.689. The summed E-state index contributed by atoms with van der Waals surface area (Å²) < 4.78 is 12.7. The van der Waals surface area contributed by atoms with Crippen molar-refractivity contribution < 1.29 is 14.3 Å². The minimum Gasteiger partial charge on any atom is -0.481 e. The molecule has 1 fully saturated rings. The Hall–Kier alpha value is -1.64. The van der Waals surface area contributed by atoms with Crippen molar-refractivity contribution in [3.8, 4) is 0 Å². The Kier molecular flexibility index (Phi) is 3.57. The van der Waals surface area contributed by atoms with Crippen LogP contribution in [0.4, 0.5) is 4.39 Å². The molecule has 1 aliphatic rings. The van der Waals surface area contributed by atoms with Crippen molar-refractivity contribution in [2.24, 2.45) is 5.92 Å². The monoisotopic (exact) mass is 234 g/mol. The fraction of sp³-hybridized carbons (Fsp3) is 0.357. The fourth-order valence-corrected chi connectivity index (χ4v) is 2.17. The minimum absolute atomic E-state index is 0.194. The quantitative estimate of drug-likeness (QED) is 0.850. The fourth-order valence-electron chi connectivity index (χ4n) is 2.17. The second kappa shape index (κ2) is 5.13. The molecule has 90 valence electrons. The van der Waals surface area contributed by atoms with Gasteiger partial charge in [0.15, 0.2) is 0 Å². The summed E-state index contributed by atoms with van der Waals surface area (Å²) in [5, 5.41) is 8.88. The lowest BCUT2D eigenvalue weighted by atomic mass is 9.85. The summed E-state index contributed by atoms with van der Waals surface area (Å²) in [6.45, 7) is 0. The molecule has 0 aliphatic heterocycles. The number of rotatable bonds is 2. The third-order valence-corrected chi connectivity index (χ3v) is 3.22. The van der Waals surface area contributed by atoms with Gasteiger partial charge in [0.25, 0.3) is 0 Å². The molecule has 0 bridgehead atoms. The third-order valence-electron chi connectivity index (χ3n) is 3.22. The molecule has 3 heteroatoms. The van der Waals surface area contributed by atoms with Gasteiger partial charge < -0.3 is 5.11 Å². The zero-order valence-electron chi connectivity index (χ0n) is 9.53. The Labute approximate surface area is 99.8 Å². The van der Waals surface area contributed by atoms with Crippen LogP contribution in [-0.2, 0) is 4.79 Å². The number of hydrogen-bond acceptors (Lipinski definition) is 1. The van der Waals surface area contributed by atoms with Gasteiger partial charge in [-0.1, -0.05) is 23.8 Å². The first-order valence-corrected chi connectivity index (χ1v) is 5.83. The predicted octanol–water partition coefficient (Wildman–Crippen LogP) is 3.48. The van der Waals surface area contributed by atoms with Gasteiger partial charge in [0.05, 0.1) is 5.92 Å². The molecule has 1 aromatic carbocycles. The first kappa shape index (κ1) is 11.8. The van der Waals surface area contributed by atoms with E-state index >= 15 is 0 Å². The molecule has 2 nitrogen and oxygen atoms in total. The second-order valence-corrected chi connectivity index (χ2v) is 4.47. The molecule has 1 aliphatic carbocycles. The lowest BCUT2D eigenvalue weighted by Gasteiger charge is -2.20. The molecule has 0 spiro atoms. The number of carbonyl (C=O) groups is 1. The number of allylic oxidation sites excluding steroid dienone is 1. The van der Waals surface area contributed by atoms with Crippen LogP contribution in [-0.4, -0.2) is 11.1 Å². The first-order chi connectivity index (χ1) is 8.15. The molecule has 17 heavy (non-hydrogen) atoms. The van der Waals surface area contributed by atoms with E-state index in [1.54, 1.807) is 12.1 Å². The molecular formula is C14H15FO2. The molecule has 1 saturated carbocycles. The van der Waals surface area contributed by atoms with Crippen molar-refractivity contribution in [3.63, 3.8) is 0 Å². The lowest BCUT2D eigenvalue weighted by molar-refractivity contribution is -0.142. The van der Waals surface area contributed by atoms with Gasteiger partial charge in [0, 0.05) is 0 Å². The zero-order chi connectivity index (χ0) is 12.3. The molecule has 0 heterocycles. The Morgan fingerprint density at radius 3 is 2.35 bits per heavy atom. The first-order valence-electron chi connectivity index (χ1n) is 5.83. The van der Waals surface area contributed by atoms with Crippen molar-refractivity contribution in [2.45, 2.75) is 25.7 Å². The highest BCUT2D eigenvalue weighted by Gasteiger charge is 2.22. The lowest BCUT2D eigenvalue weighted by Crippen LogP contribution is -2.17. The van der Waals surface area contributed by atoms with Crippen molar-refractivity contribution in [3.05, 3.63) is 41.2 Å². The average Bonchev–Trinajstić information content (AvgIpc) is 2.33. The van der Waals surface area contributed by atoms with E-state index in [1.807, 2.05) is 6.08 Å². The Bertz CT molecular complexity index is 424. The third kappa shape index (κ3) is 3.16. The number of aliphatic carboxylic acids is 1. The van der Waals surface area contributed by atoms with Crippen molar-refractivity contribution in [2.75, 3.05) is 0 Å².